The number of rotatable bonds is 7. The minimum Gasteiger partial charge on any atom is -0.490 e. The summed E-state index contributed by atoms with van der Waals surface area (Å²) < 4.78 is 11.3. The van der Waals surface area contributed by atoms with Crippen LogP contribution in [0.15, 0.2) is 30.3 Å². The van der Waals surface area contributed by atoms with Gasteiger partial charge in [0.15, 0.2) is 11.5 Å². The molecule has 1 amide bonds. The van der Waals surface area contributed by atoms with Crippen LogP contribution in [0, 0.1) is 20.8 Å². The molecule has 4 nitrogen and oxygen atoms in total. The molecule has 2 aromatic rings. The second-order valence-corrected chi connectivity index (χ2v) is 6.52. The first-order valence-electron chi connectivity index (χ1n) is 9.15. The van der Waals surface area contributed by atoms with Crippen molar-refractivity contribution in [1.82, 2.24) is 5.32 Å². The van der Waals surface area contributed by atoms with Gasteiger partial charge >= 0.3 is 0 Å². The van der Waals surface area contributed by atoms with Crippen LogP contribution in [0.2, 0.25) is 0 Å². The second-order valence-electron chi connectivity index (χ2n) is 6.52. The highest BCUT2D eigenvalue weighted by Crippen LogP contribution is 2.31. The van der Waals surface area contributed by atoms with E-state index in [4.69, 9.17) is 9.47 Å². The van der Waals surface area contributed by atoms with Gasteiger partial charge in [-0.3, -0.25) is 4.79 Å². The van der Waals surface area contributed by atoms with E-state index in [2.05, 4.69) is 18.3 Å². The molecule has 1 unspecified atom stereocenters. The molecule has 0 saturated heterocycles. The number of amides is 1. The molecule has 0 spiro atoms. The molecule has 1 atom stereocenters. The molecule has 0 heterocycles. The maximum absolute atomic E-state index is 12.7. The van der Waals surface area contributed by atoms with Crippen LogP contribution in [-0.4, -0.2) is 19.1 Å². The van der Waals surface area contributed by atoms with Gasteiger partial charge in [0.05, 0.1) is 19.3 Å². The predicted molar refractivity (Wildman–Crippen MR) is 105 cm³/mol. The van der Waals surface area contributed by atoms with Crippen LogP contribution in [0.1, 0.15) is 59.4 Å². The third kappa shape index (κ3) is 4.57. The number of aryl methyl sites for hydroxylation is 3. The van der Waals surface area contributed by atoms with Crippen LogP contribution in [0.5, 0.6) is 11.5 Å². The molecule has 2 aromatic carbocycles. The molecule has 26 heavy (non-hydrogen) atoms. The number of nitrogens with one attached hydrogen (secondary N) is 1. The maximum Gasteiger partial charge on any atom is 0.252 e. The van der Waals surface area contributed by atoms with Crippen molar-refractivity contribution in [3.05, 3.63) is 58.1 Å². The average Bonchev–Trinajstić information content (AvgIpc) is 2.59. The summed E-state index contributed by atoms with van der Waals surface area (Å²) in [6.45, 7) is 13.0. The fourth-order valence-electron chi connectivity index (χ4n) is 2.90. The van der Waals surface area contributed by atoms with E-state index in [1.165, 1.54) is 5.56 Å². The molecule has 0 aliphatic carbocycles. The van der Waals surface area contributed by atoms with Crippen LogP contribution in [0.4, 0.5) is 0 Å². The summed E-state index contributed by atoms with van der Waals surface area (Å²) in [4.78, 5) is 12.7. The lowest BCUT2D eigenvalue weighted by molar-refractivity contribution is 0.0939. The highest BCUT2D eigenvalue weighted by atomic mass is 16.5. The second kappa shape index (κ2) is 8.75. The minimum atomic E-state index is -0.140. The molecule has 0 bridgehead atoms. The van der Waals surface area contributed by atoms with Crippen LogP contribution in [-0.2, 0) is 0 Å². The van der Waals surface area contributed by atoms with Gasteiger partial charge in [0, 0.05) is 5.56 Å². The zero-order valence-corrected chi connectivity index (χ0v) is 16.6. The summed E-state index contributed by atoms with van der Waals surface area (Å²) in [5.74, 6) is 1.36. The summed E-state index contributed by atoms with van der Waals surface area (Å²) in [6.07, 6.45) is 0. The van der Waals surface area contributed by atoms with Crippen molar-refractivity contribution in [2.24, 2.45) is 0 Å². The van der Waals surface area contributed by atoms with Crippen molar-refractivity contribution in [3.8, 4) is 11.5 Å². The van der Waals surface area contributed by atoms with E-state index >= 15 is 0 Å². The smallest absolute Gasteiger partial charge is 0.252 e. The zero-order valence-electron chi connectivity index (χ0n) is 16.6. The van der Waals surface area contributed by atoms with Gasteiger partial charge in [-0.15, -0.1) is 0 Å². The van der Waals surface area contributed by atoms with E-state index in [1.54, 1.807) is 0 Å². The van der Waals surface area contributed by atoms with Gasteiger partial charge in [0.2, 0.25) is 0 Å². The Hall–Kier alpha value is -2.49. The van der Waals surface area contributed by atoms with E-state index in [0.29, 0.717) is 19.0 Å². The van der Waals surface area contributed by atoms with E-state index < -0.39 is 0 Å². The van der Waals surface area contributed by atoms with Crippen LogP contribution < -0.4 is 14.8 Å². The lowest BCUT2D eigenvalue weighted by Crippen LogP contribution is -2.27. The topological polar surface area (TPSA) is 47.6 Å². The minimum absolute atomic E-state index is 0.0649. The molecule has 4 heteroatoms. The molecule has 1 N–H and O–H groups in total. The van der Waals surface area contributed by atoms with Gasteiger partial charge in [-0.25, -0.2) is 0 Å². The van der Waals surface area contributed by atoms with Crippen molar-refractivity contribution >= 4 is 5.91 Å². The van der Waals surface area contributed by atoms with Crippen molar-refractivity contribution in [1.29, 1.82) is 0 Å². The molecule has 0 aromatic heterocycles. The van der Waals surface area contributed by atoms with Crippen LogP contribution in [0.25, 0.3) is 0 Å². The monoisotopic (exact) mass is 355 g/mol. The predicted octanol–water partition coefficient (Wildman–Crippen LogP) is 4.90. The number of carbonyl (C=O) groups excluding carboxylic acids is 1. The lowest BCUT2D eigenvalue weighted by atomic mass is 9.99. The number of benzene rings is 2. The molecule has 0 radical (unpaired) electrons. The Morgan fingerprint density at radius 1 is 0.923 bits per heavy atom. The van der Waals surface area contributed by atoms with E-state index in [9.17, 15) is 4.79 Å². The lowest BCUT2D eigenvalue weighted by Gasteiger charge is -2.18. The number of hydrogen-bond donors (Lipinski definition) is 1. The molecular formula is C22H29NO3. The maximum atomic E-state index is 12.7. The molecule has 0 fully saturated rings. The highest BCUT2D eigenvalue weighted by Gasteiger charge is 2.16. The molecule has 2 rings (SSSR count). The van der Waals surface area contributed by atoms with Gasteiger partial charge in [0.1, 0.15) is 0 Å². The standard InChI is InChI=1S/C22H29NO3/c1-7-25-20-10-9-18(13-21(20)26-8-2)17(6)23-22(24)19-12-15(4)14(3)11-16(19)5/h9-13,17H,7-8H2,1-6H3,(H,23,24). The highest BCUT2D eigenvalue weighted by molar-refractivity contribution is 5.96. The number of carbonyl (C=O) groups is 1. The van der Waals surface area contributed by atoms with Gasteiger partial charge in [0.25, 0.3) is 5.91 Å². The zero-order chi connectivity index (χ0) is 19.3. The Morgan fingerprint density at radius 3 is 2.19 bits per heavy atom. The Labute approximate surface area is 156 Å². The molecule has 0 aliphatic rings. The first-order chi connectivity index (χ1) is 12.4. The Bertz CT molecular complexity index is 783. The van der Waals surface area contributed by atoms with Gasteiger partial charge < -0.3 is 14.8 Å². The number of ether oxygens (including phenoxy) is 2. The van der Waals surface area contributed by atoms with Crippen LogP contribution in [0.3, 0.4) is 0 Å². The third-order valence-corrected chi connectivity index (χ3v) is 4.50. The van der Waals surface area contributed by atoms with Crippen molar-refractivity contribution in [2.75, 3.05) is 13.2 Å². The summed E-state index contributed by atoms with van der Waals surface area (Å²) >= 11 is 0. The molecule has 0 saturated carbocycles. The van der Waals surface area contributed by atoms with Crippen LogP contribution >= 0.6 is 0 Å². The summed E-state index contributed by atoms with van der Waals surface area (Å²) in [6, 6.07) is 9.67. The molecule has 0 aliphatic heterocycles. The summed E-state index contributed by atoms with van der Waals surface area (Å²) in [5.41, 5.74) is 5.00. The largest absolute Gasteiger partial charge is 0.490 e. The van der Waals surface area contributed by atoms with E-state index in [0.717, 1.165) is 28.0 Å². The third-order valence-electron chi connectivity index (χ3n) is 4.50. The summed E-state index contributed by atoms with van der Waals surface area (Å²) in [7, 11) is 0. The van der Waals surface area contributed by atoms with E-state index in [-0.39, 0.29) is 11.9 Å². The number of hydrogen-bond acceptors (Lipinski definition) is 3. The van der Waals surface area contributed by atoms with Gasteiger partial charge in [-0.05, 0) is 82.0 Å². The Kier molecular flexibility index (Phi) is 6.67. The summed E-state index contributed by atoms with van der Waals surface area (Å²) in [5, 5.41) is 3.09. The van der Waals surface area contributed by atoms with E-state index in [1.807, 2.05) is 58.9 Å². The van der Waals surface area contributed by atoms with Crippen molar-refractivity contribution in [3.63, 3.8) is 0 Å². The first-order valence-corrected chi connectivity index (χ1v) is 9.15. The fourth-order valence-corrected chi connectivity index (χ4v) is 2.90. The van der Waals surface area contributed by atoms with Gasteiger partial charge in [-0.1, -0.05) is 12.1 Å². The SMILES string of the molecule is CCOc1ccc(C(C)NC(=O)c2cc(C)c(C)cc2C)cc1OCC. The molecular weight excluding hydrogens is 326 g/mol. The Balaban J connectivity index is 2.21. The fraction of sp³-hybridized carbons (Fsp3) is 0.409. The van der Waals surface area contributed by atoms with Crippen molar-refractivity contribution in [2.45, 2.75) is 47.6 Å². The Morgan fingerprint density at radius 2 is 1.54 bits per heavy atom. The molecule has 140 valence electrons. The van der Waals surface area contributed by atoms with Crippen molar-refractivity contribution < 1.29 is 14.3 Å². The normalized spacial score (nSPS) is 11.8. The first kappa shape index (κ1) is 19.8. The van der Waals surface area contributed by atoms with Gasteiger partial charge in [-0.2, -0.15) is 0 Å². The quantitative estimate of drug-likeness (QED) is 0.768. The average molecular weight is 355 g/mol.